The fourth-order valence-corrected chi connectivity index (χ4v) is 0.977. The van der Waals surface area contributed by atoms with Crippen LogP contribution in [0.25, 0.3) is 0 Å². The van der Waals surface area contributed by atoms with Gasteiger partial charge in [0.25, 0.3) is 5.91 Å². The largest absolute Gasteiger partial charge is 0.707 e. The van der Waals surface area contributed by atoms with E-state index < -0.39 is 7.32 Å². The molecule has 0 heterocycles. The Morgan fingerprint density at radius 1 is 1.50 bits per heavy atom. The Morgan fingerprint density at radius 3 is 2.79 bits per heavy atom. The molecule has 0 aromatic heterocycles. The zero-order valence-corrected chi connectivity index (χ0v) is 7.60. The molecule has 0 atom stereocenters. The first-order valence-electron chi connectivity index (χ1n) is 3.98. The fraction of sp³-hybridized carbons (Fsp3) is 0.125. The van der Waals surface area contributed by atoms with E-state index in [1.165, 1.54) is 19.2 Å². The molecule has 0 bridgehead atoms. The number of carbonyl (C=O) groups is 1. The summed E-state index contributed by atoms with van der Waals surface area (Å²) < 4.78 is 4.58. The molecule has 0 spiro atoms. The number of rotatable bonds is 3. The minimum absolute atomic E-state index is 0.223. The molecule has 1 aromatic carbocycles. The molecule has 14 heavy (non-hydrogen) atoms. The van der Waals surface area contributed by atoms with Gasteiger partial charge in [0, 0.05) is 12.6 Å². The highest BCUT2D eigenvalue weighted by molar-refractivity contribution is 6.33. The van der Waals surface area contributed by atoms with Crippen molar-refractivity contribution in [3.05, 3.63) is 29.8 Å². The van der Waals surface area contributed by atoms with Crippen LogP contribution in [0.2, 0.25) is 0 Å². The van der Waals surface area contributed by atoms with Crippen molar-refractivity contribution in [2.24, 2.45) is 0 Å². The Labute approximate surface area is 81.5 Å². The third-order valence-corrected chi connectivity index (χ3v) is 1.56. The standard InChI is InChI=1S/C8H10BNO4/c1-10-8(11)6-3-2-4-7(5-6)14-9(12)13/h2-5,12-13H,1H3,(H,10,11). The minimum atomic E-state index is -1.88. The van der Waals surface area contributed by atoms with E-state index in [1.54, 1.807) is 12.1 Å². The second kappa shape index (κ2) is 4.64. The summed E-state index contributed by atoms with van der Waals surface area (Å²) in [5.41, 5.74) is 0.394. The van der Waals surface area contributed by atoms with E-state index >= 15 is 0 Å². The summed E-state index contributed by atoms with van der Waals surface area (Å²) in [6, 6.07) is 6.11. The van der Waals surface area contributed by atoms with Crippen molar-refractivity contribution in [3.8, 4) is 5.75 Å². The monoisotopic (exact) mass is 195 g/mol. The van der Waals surface area contributed by atoms with Gasteiger partial charge in [-0.25, -0.2) is 0 Å². The maximum Gasteiger partial charge on any atom is 0.707 e. The van der Waals surface area contributed by atoms with Crippen LogP contribution in [0.5, 0.6) is 5.75 Å². The van der Waals surface area contributed by atoms with Crippen molar-refractivity contribution in [1.29, 1.82) is 0 Å². The Balaban J connectivity index is 2.84. The molecule has 0 radical (unpaired) electrons. The maximum atomic E-state index is 11.2. The summed E-state index contributed by atoms with van der Waals surface area (Å²) in [5, 5.41) is 19.5. The number of nitrogens with one attached hydrogen (secondary N) is 1. The van der Waals surface area contributed by atoms with Gasteiger partial charge in [0.2, 0.25) is 0 Å². The van der Waals surface area contributed by atoms with Crippen LogP contribution in [0.15, 0.2) is 24.3 Å². The van der Waals surface area contributed by atoms with Crippen LogP contribution < -0.4 is 9.97 Å². The Morgan fingerprint density at radius 2 is 2.21 bits per heavy atom. The van der Waals surface area contributed by atoms with Gasteiger partial charge in [0.1, 0.15) is 5.75 Å². The number of amides is 1. The summed E-state index contributed by atoms with van der Waals surface area (Å²) in [6.07, 6.45) is 0. The highest BCUT2D eigenvalue weighted by atomic mass is 16.6. The highest BCUT2D eigenvalue weighted by Crippen LogP contribution is 2.13. The summed E-state index contributed by atoms with van der Waals surface area (Å²) >= 11 is 0. The summed E-state index contributed by atoms with van der Waals surface area (Å²) in [7, 11) is -0.369. The quantitative estimate of drug-likeness (QED) is 0.562. The molecule has 0 aliphatic carbocycles. The number of hydrogen-bond donors (Lipinski definition) is 3. The molecule has 74 valence electrons. The van der Waals surface area contributed by atoms with Crippen LogP contribution in [0.3, 0.4) is 0 Å². The molecule has 1 amide bonds. The van der Waals surface area contributed by atoms with E-state index in [9.17, 15) is 4.79 Å². The topological polar surface area (TPSA) is 78.8 Å². The number of carbonyl (C=O) groups excluding carboxylic acids is 1. The van der Waals surface area contributed by atoms with Gasteiger partial charge >= 0.3 is 7.32 Å². The van der Waals surface area contributed by atoms with Crippen LogP contribution in [0.1, 0.15) is 10.4 Å². The molecule has 0 aliphatic heterocycles. The predicted molar refractivity (Wildman–Crippen MR) is 50.7 cm³/mol. The molecule has 0 unspecified atom stereocenters. The molecule has 0 saturated carbocycles. The van der Waals surface area contributed by atoms with Gasteiger partial charge in [0.15, 0.2) is 0 Å². The first kappa shape index (κ1) is 10.6. The average Bonchev–Trinajstić information content (AvgIpc) is 2.16. The molecule has 0 fully saturated rings. The number of benzene rings is 1. The fourth-order valence-electron chi connectivity index (χ4n) is 0.977. The Bertz CT molecular complexity index is 329. The Kier molecular flexibility index (Phi) is 3.50. The summed E-state index contributed by atoms with van der Waals surface area (Å²) in [6.45, 7) is 0. The van der Waals surface area contributed by atoms with E-state index in [2.05, 4.69) is 9.97 Å². The normalized spacial score (nSPS) is 9.36. The third-order valence-electron chi connectivity index (χ3n) is 1.56. The SMILES string of the molecule is CNC(=O)c1cccc(OB(O)O)c1. The van der Waals surface area contributed by atoms with Crippen molar-refractivity contribution in [1.82, 2.24) is 5.32 Å². The third kappa shape index (κ3) is 2.76. The molecule has 3 N–H and O–H groups in total. The van der Waals surface area contributed by atoms with Gasteiger partial charge in [-0.15, -0.1) is 0 Å². The zero-order chi connectivity index (χ0) is 10.6. The molecular weight excluding hydrogens is 185 g/mol. The lowest BCUT2D eigenvalue weighted by Crippen LogP contribution is -2.21. The Hall–Kier alpha value is -1.53. The molecule has 0 saturated heterocycles. The second-order valence-corrected chi connectivity index (χ2v) is 2.55. The molecular formula is C8H10BNO4. The van der Waals surface area contributed by atoms with Crippen LogP contribution >= 0.6 is 0 Å². The average molecular weight is 195 g/mol. The van der Waals surface area contributed by atoms with E-state index in [0.29, 0.717) is 5.56 Å². The van der Waals surface area contributed by atoms with Gasteiger partial charge in [-0.1, -0.05) is 6.07 Å². The van der Waals surface area contributed by atoms with E-state index in [1.807, 2.05) is 0 Å². The van der Waals surface area contributed by atoms with Crippen molar-refractivity contribution < 1.29 is 19.5 Å². The van der Waals surface area contributed by atoms with Gasteiger partial charge in [-0.05, 0) is 18.2 Å². The van der Waals surface area contributed by atoms with Crippen molar-refractivity contribution in [3.63, 3.8) is 0 Å². The smallest absolute Gasteiger partial charge is 0.512 e. The molecule has 6 heteroatoms. The molecule has 1 aromatic rings. The highest BCUT2D eigenvalue weighted by Gasteiger charge is 2.12. The van der Waals surface area contributed by atoms with Crippen molar-refractivity contribution >= 4 is 13.2 Å². The molecule has 5 nitrogen and oxygen atoms in total. The zero-order valence-electron chi connectivity index (χ0n) is 7.60. The van der Waals surface area contributed by atoms with Gasteiger partial charge < -0.3 is 20.0 Å². The maximum absolute atomic E-state index is 11.2. The first-order chi connectivity index (χ1) is 6.63. The van der Waals surface area contributed by atoms with E-state index in [-0.39, 0.29) is 11.7 Å². The predicted octanol–water partition coefficient (Wildman–Crippen LogP) is -0.606. The van der Waals surface area contributed by atoms with Crippen LogP contribution in [0, 0.1) is 0 Å². The lowest BCUT2D eigenvalue weighted by atomic mass is 10.2. The summed E-state index contributed by atoms with van der Waals surface area (Å²) in [4.78, 5) is 11.2. The lowest BCUT2D eigenvalue weighted by Gasteiger charge is -2.05. The van der Waals surface area contributed by atoms with Crippen LogP contribution in [-0.4, -0.2) is 30.3 Å². The summed E-state index contributed by atoms with van der Waals surface area (Å²) in [5.74, 6) is -0.0380. The molecule has 0 aliphatic rings. The second-order valence-electron chi connectivity index (χ2n) is 2.55. The van der Waals surface area contributed by atoms with Crippen molar-refractivity contribution in [2.45, 2.75) is 0 Å². The van der Waals surface area contributed by atoms with E-state index in [0.717, 1.165) is 0 Å². The molecule has 1 rings (SSSR count). The first-order valence-corrected chi connectivity index (χ1v) is 3.98. The van der Waals surface area contributed by atoms with Gasteiger partial charge in [-0.2, -0.15) is 0 Å². The van der Waals surface area contributed by atoms with Gasteiger partial charge in [-0.3, -0.25) is 4.79 Å². The number of hydrogen-bond acceptors (Lipinski definition) is 4. The van der Waals surface area contributed by atoms with Gasteiger partial charge in [0.05, 0.1) is 0 Å². The van der Waals surface area contributed by atoms with Crippen LogP contribution in [0.4, 0.5) is 0 Å². The lowest BCUT2D eigenvalue weighted by molar-refractivity contribution is 0.0962. The minimum Gasteiger partial charge on any atom is -0.512 e. The van der Waals surface area contributed by atoms with E-state index in [4.69, 9.17) is 10.0 Å². The van der Waals surface area contributed by atoms with Crippen molar-refractivity contribution in [2.75, 3.05) is 7.05 Å². The van der Waals surface area contributed by atoms with Crippen LogP contribution in [-0.2, 0) is 0 Å².